The number of carbonyl (C=O) groups is 10. The Morgan fingerprint density at radius 3 is 2.17 bits per heavy atom. The first kappa shape index (κ1) is 51.4. The minimum atomic E-state index is -1.77. The summed E-state index contributed by atoms with van der Waals surface area (Å²) in [6.45, 7) is 0.694. The molecular weight excluding hydrogens is 813 g/mol. The van der Waals surface area contributed by atoms with E-state index < -0.39 is 108 Å². The number of ketones is 5. The van der Waals surface area contributed by atoms with Crippen molar-refractivity contribution in [3.05, 3.63) is 0 Å². The van der Waals surface area contributed by atoms with Crippen molar-refractivity contribution in [2.75, 3.05) is 45.2 Å². The van der Waals surface area contributed by atoms with Crippen LogP contribution in [0, 0.1) is 0 Å². The molecule has 1 heterocycles. The summed E-state index contributed by atoms with van der Waals surface area (Å²) in [6.07, 6.45) is -0.0375. The van der Waals surface area contributed by atoms with Crippen LogP contribution in [0.2, 0.25) is 0 Å². The molecule has 0 aromatic rings. The van der Waals surface area contributed by atoms with Gasteiger partial charge in [-0.1, -0.05) is 21.6 Å². The van der Waals surface area contributed by atoms with Crippen LogP contribution < -0.4 is 54.7 Å². The van der Waals surface area contributed by atoms with E-state index in [-0.39, 0.29) is 63.1 Å². The number of nitrogens with two attached hydrogens (primary N) is 3. The van der Waals surface area contributed by atoms with Crippen molar-refractivity contribution in [1.82, 2.24) is 42.6 Å². The second kappa shape index (κ2) is 27.1. The average Bonchev–Trinajstić information content (AvgIpc) is 3.62. The zero-order chi connectivity index (χ0) is 43.9. The normalized spacial score (nSPS) is 16.5. The third-order valence-corrected chi connectivity index (χ3v) is 10.2. The van der Waals surface area contributed by atoms with Gasteiger partial charge in [-0.15, -0.1) is 0 Å². The number of aliphatic hydroxyl groups is 1. The number of guanidine groups is 1. The molecule has 2 unspecified atom stereocenters. The molecule has 0 radical (unpaired) electrons. The highest BCUT2D eigenvalue weighted by Gasteiger charge is 2.40. The van der Waals surface area contributed by atoms with Crippen molar-refractivity contribution in [3.63, 3.8) is 0 Å². The Labute approximate surface area is 340 Å². The summed E-state index contributed by atoms with van der Waals surface area (Å²) in [5.41, 5.74) is 23.0. The number of hydrazine groups is 2. The van der Waals surface area contributed by atoms with Gasteiger partial charge in [-0.3, -0.25) is 58.8 Å². The zero-order valence-corrected chi connectivity index (χ0v) is 33.4. The minimum Gasteiger partial charge on any atom is -0.481 e. The molecule has 1 aliphatic rings. The maximum absolute atomic E-state index is 13.8. The highest BCUT2D eigenvalue weighted by molar-refractivity contribution is 8.77. The summed E-state index contributed by atoms with van der Waals surface area (Å²) >= 11 is 0. The number of carboxylic acid groups (broad SMARTS) is 2. The van der Waals surface area contributed by atoms with Crippen molar-refractivity contribution < 1.29 is 63.3 Å². The van der Waals surface area contributed by atoms with E-state index in [2.05, 4.69) is 42.5 Å². The number of carboxylic acids is 2. The molecule has 326 valence electrons. The van der Waals surface area contributed by atoms with E-state index in [0.717, 1.165) is 21.6 Å². The number of primary amides is 1. The fourth-order valence-corrected chi connectivity index (χ4v) is 7.29. The van der Waals surface area contributed by atoms with Gasteiger partial charge in [0.2, 0.25) is 29.3 Å². The lowest BCUT2D eigenvalue weighted by molar-refractivity contribution is -0.150. The van der Waals surface area contributed by atoms with Gasteiger partial charge in [0.1, 0.15) is 23.2 Å². The van der Waals surface area contributed by atoms with Crippen LogP contribution in [0.3, 0.4) is 0 Å². The van der Waals surface area contributed by atoms with Crippen LogP contribution in [0.1, 0.15) is 46.0 Å². The minimum absolute atomic E-state index is 0.0573. The molecule has 16 N–H and O–H groups in total. The predicted octanol–water partition coefficient (Wildman–Crippen LogP) is -6.42. The number of rotatable bonds is 32. The largest absolute Gasteiger partial charge is 0.481 e. The molecule has 0 aromatic heterocycles. The van der Waals surface area contributed by atoms with Crippen LogP contribution >= 0.6 is 21.6 Å². The highest BCUT2D eigenvalue weighted by atomic mass is 33.1. The Morgan fingerprint density at radius 1 is 0.914 bits per heavy atom. The number of hydrogen-bond acceptors (Lipinski definition) is 20. The molecule has 0 saturated carbocycles. The molecule has 0 aromatic carbocycles. The summed E-state index contributed by atoms with van der Waals surface area (Å²) in [7, 11) is 1.98. The number of aliphatic hydroxyl groups excluding tert-OH is 1. The zero-order valence-electron chi connectivity index (χ0n) is 31.8. The van der Waals surface area contributed by atoms with E-state index in [1.807, 2.05) is 0 Å². The standard InChI is InChI=1S/C31H52N12O13S2/c1-15(45)10-37-28(54)17(5-3-7-36-31(33)34)40-22(47)12-38-41-18(9-23(48)49)25(51)26(52)19(13-44)42-43-8-4-6-20(43)27(53)29(39-16(2)24(50)30(55)56)58-57-14-35-11-21(32)46/h16-20,29,35,38-39,41-42,44H,3-14H2,1-2H3,(H2,32,46)(H,37,54)(H,40,47)(H,48,49)(H,55,56)(H4,33,34,36)/t16?,17-,18-,19-,20-,29?/m0/s1. The smallest absolute Gasteiger partial charge is 0.373 e. The fraction of sp³-hybridized carbons (Fsp3) is 0.645. The van der Waals surface area contributed by atoms with Gasteiger partial charge >= 0.3 is 11.9 Å². The molecule has 1 fully saturated rings. The van der Waals surface area contributed by atoms with E-state index in [4.69, 9.17) is 22.3 Å². The topological polar surface area (TPSA) is 409 Å². The van der Waals surface area contributed by atoms with Gasteiger partial charge in [-0.05, 0) is 39.5 Å². The first-order valence-corrected chi connectivity index (χ1v) is 20.0. The maximum Gasteiger partial charge on any atom is 0.373 e. The second-order valence-electron chi connectivity index (χ2n) is 12.7. The summed E-state index contributed by atoms with van der Waals surface area (Å²) in [5.74, 6) is -10.1. The molecule has 0 spiro atoms. The summed E-state index contributed by atoms with van der Waals surface area (Å²) in [6, 6.07) is -6.89. The molecule has 58 heavy (non-hydrogen) atoms. The first-order valence-electron chi connectivity index (χ1n) is 17.7. The van der Waals surface area contributed by atoms with Gasteiger partial charge in [0.15, 0.2) is 11.7 Å². The van der Waals surface area contributed by atoms with Crippen LogP contribution in [0.5, 0.6) is 0 Å². The predicted molar refractivity (Wildman–Crippen MR) is 208 cm³/mol. The molecule has 0 bridgehead atoms. The molecule has 3 amide bonds. The lowest BCUT2D eigenvalue weighted by Crippen LogP contribution is -2.60. The lowest BCUT2D eigenvalue weighted by Gasteiger charge is -2.31. The molecule has 1 saturated heterocycles. The highest BCUT2D eigenvalue weighted by Crippen LogP contribution is 2.29. The van der Waals surface area contributed by atoms with E-state index >= 15 is 0 Å². The van der Waals surface area contributed by atoms with Crippen LogP contribution in [0.4, 0.5) is 0 Å². The Balaban J connectivity index is 3.03. The summed E-state index contributed by atoms with van der Waals surface area (Å²) < 4.78 is 0. The van der Waals surface area contributed by atoms with E-state index in [0.29, 0.717) is 6.42 Å². The number of carbonyl (C=O) groups excluding carboxylic acids is 8. The van der Waals surface area contributed by atoms with Crippen molar-refractivity contribution in [2.24, 2.45) is 22.2 Å². The van der Waals surface area contributed by atoms with Gasteiger partial charge in [0, 0.05) is 13.1 Å². The lowest BCUT2D eigenvalue weighted by atomic mass is 10.0. The molecule has 25 nitrogen and oxygen atoms in total. The van der Waals surface area contributed by atoms with Gasteiger partial charge in [0.05, 0.1) is 56.7 Å². The number of nitrogens with one attached hydrogen (secondary N) is 7. The van der Waals surface area contributed by atoms with Crippen LogP contribution in [-0.4, -0.2) is 166 Å². The van der Waals surface area contributed by atoms with E-state index in [9.17, 15) is 58.2 Å². The Hall–Kier alpha value is -4.61. The van der Waals surface area contributed by atoms with Crippen molar-refractivity contribution in [2.45, 2.75) is 81.5 Å². The summed E-state index contributed by atoms with van der Waals surface area (Å²) in [4.78, 5) is 127. The number of nitrogens with zero attached hydrogens (tertiary/aromatic N) is 2. The Kier molecular flexibility index (Phi) is 24.1. The van der Waals surface area contributed by atoms with Crippen molar-refractivity contribution in [3.8, 4) is 0 Å². The van der Waals surface area contributed by atoms with Crippen LogP contribution in [-0.2, 0) is 47.9 Å². The van der Waals surface area contributed by atoms with Crippen molar-refractivity contribution >= 4 is 86.1 Å². The Bertz CT molecular complexity index is 1530. The SMILES string of the molecule is CC(=O)CNC(=O)[C@H](CCCN=C(N)N)NC(=O)CNN[C@@H](CC(=O)O)C(=O)C(=O)[C@H](CO)NN1CCC[C@H]1C(=O)C(NC(C)C(=O)C(=O)O)SSCNCC(N)=O. The first-order chi connectivity index (χ1) is 27.3. The number of aliphatic carboxylic acids is 2. The Morgan fingerprint density at radius 2 is 1.59 bits per heavy atom. The van der Waals surface area contributed by atoms with E-state index in [1.54, 1.807) is 0 Å². The molecule has 6 atom stereocenters. The molecule has 1 aliphatic heterocycles. The van der Waals surface area contributed by atoms with E-state index in [1.165, 1.54) is 18.9 Å². The third kappa shape index (κ3) is 19.7. The molecule has 1 rings (SSSR count). The molecular formula is C31H52N12O13S2. The second-order valence-corrected chi connectivity index (χ2v) is 15.1. The number of Topliss-reactive ketones (excluding diaryl/α,β-unsaturated/α-hetero) is 5. The van der Waals surface area contributed by atoms with Gasteiger partial charge in [-0.25, -0.2) is 26.1 Å². The van der Waals surface area contributed by atoms with Gasteiger partial charge in [-0.2, -0.15) is 0 Å². The van der Waals surface area contributed by atoms with Crippen LogP contribution in [0.15, 0.2) is 4.99 Å². The molecule has 0 aliphatic carbocycles. The quantitative estimate of drug-likeness (QED) is 0.00569. The van der Waals surface area contributed by atoms with Crippen LogP contribution in [0.25, 0.3) is 0 Å². The molecule has 27 heteroatoms. The average molecular weight is 865 g/mol. The monoisotopic (exact) mass is 864 g/mol. The maximum atomic E-state index is 13.8. The number of aliphatic imine (C=N–C) groups is 1. The van der Waals surface area contributed by atoms with Gasteiger partial charge in [0.25, 0.3) is 5.78 Å². The third-order valence-electron chi connectivity index (χ3n) is 7.86. The summed E-state index contributed by atoms with van der Waals surface area (Å²) in [5, 5.41) is 39.0. The fourth-order valence-electron chi connectivity index (χ4n) is 5.07. The number of hydrogen-bond donors (Lipinski definition) is 13. The van der Waals surface area contributed by atoms with Crippen molar-refractivity contribution in [1.29, 1.82) is 0 Å². The number of amides is 3. The van der Waals surface area contributed by atoms with Gasteiger partial charge < -0.3 is 43.2 Å².